The summed E-state index contributed by atoms with van der Waals surface area (Å²) in [6.45, 7) is 0. The Morgan fingerprint density at radius 2 is 1.76 bits per heavy atom. The summed E-state index contributed by atoms with van der Waals surface area (Å²) in [6, 6.07) is 13.3. The predicted octanol–water partition coefficient (Wildman–Crippen LogP) is 1.62. The minimum atomic E-state index is -1.19. The first-order chi connectivity index (χ1) is 13.8. The van der Waals surface area contributed by atoms with Crippen LogP contribution < -0.4 is 11.1 Å². The van der Waals surface area contributed by atoms with Crippen LogP contribution in [0.5, 0.6) is 0 Å². The van der Waals surface area contributed by atoms with Gasteiger partial charge in [-0.3, -0.25) is 19.1 Å². The van der Waals surface area contributed by atoms with Crippen molar-refractivity contribution in [1.29, 1.82) is 0 Å². The van der Waals surface area contributed by atoms with Gasteiger partial charge in [0.05, 0.1) is 5.56 Å². The third-order valence-electron chi connectivity index (χ3n) is 4.34. The molecule has 0 spiro atoms. The molecule has 1 aromatic heterocycles. The zero-order valence-electron chi connectivity index (χ0n) is 15.6. The Hall–Kier alpha value is -3.81. The molecule has 148 valence electrons. The molecule has 2 aromatic carbocycles. The first kappa shape index (κ1) is 19.9. The Morgan fingerprint density at radius 3 is 2.38 bits per heavy atom. The number of amides is 2. The van der Waals surface area contributed by atoms with Gasteiger partial charge in [-0.1, -0.05) is 42.5 Å². The number of rotatable bonds is 7. The van der Waals surface area contributed by atoms with E-state index in [1.54, 1.807) is 7.05 Å². The molecule has 1 atom stereocenters. The lowest BCUT2D eigenvalue weighted by Crippen LogP contribution is -2.47. The van der Waals surface area contributed by atoms with E-state index in [9.17, 15) is 18.8 Å². The van der Waals surface area contributed by atoms with Crippen LogP contribution in [-0.2, 0) is 23.1 Å². The smallest absolute Gasteiger partial charge is 0.287 e. The fraction of sp³-hybridized carbons (Fsp3) is 0.143. The number of nitrogens with one attached hydrogen (secondary N) is 1. The highest BCUT2D eigenvalue weighted by atomic mass is 19.1. The lowest BCUT2D eigenvalue weighted by molar-refractivity contribution is -0.137. The number of halogens is 1. The van der Waals surface area contributed by atoms with Crippen molar-refractivity contribution in [1.82, 2.24) is 15.1 Å². The maximum absolute atomic E-state index is 13.1. The van der Waals surface area contributed by atoms with Crippen LogP contribution in [0.15, 0.2) is 60.8 Å². The van der Waals surface area contributed by atoms with Crippen molar-refractivity contribution in [3.8, 4) is 11.3 Å². The monoisotopic (exact) mass is 394 g/mol. The summed E-state index contributed by atoms with van der Waals surface area (Å²) in [5.74, 6) is -3.10. The van der Waals surface area contributed by atoms with Crippen LogP contribution in [0.1, 0.15) is 15.9 Å². The lowest BCUT2D eigenvalue weighted by Gasteiger charge is -2.16. The molecule has 0 saturated heterocycles. The molecule has 2 amide bonds. The van der Waals surface area contributed by atoms with Crippen molar-refractivity contribution in [2.75, 3.05) is 0 Å². The third kappa shape index (κ3) is 4.73. The second-order valence-corrected chi connectivity index (χ2v) is 6.52. The fourth-order valence-electron chi connectivity index (χ4n) is 2.94. The highest BCUT2D eigenvalue weighted by molar-refractivity contribution is 6.38. The molecule has 7 nitrogen and oxygen atoms in total. The van der Waals surface area contributed by atoms with Crippen LogP contribution in [0, 0.1) is 5.82 Å². The van der Waals surface area contributed by atoms with Crippen LogP contribution in [0.3, 0.4) is 0 Å². The summed E-state index contributed by atoms with van der Waals surface area (Å²) >= 11 is 0. The van der Waals surface area contributed by atoms with E-state index in [0.29, 0.717) is 11.3 Å². The number of nitrogens with zero attached hydrogens (tertiary/aromatic N) is 2. The van der Waals surface area contributed by atoms with E-state index in [1.165, 1.54) is 35.1 Å². The van der Waals surface area contributed by atoms with Gasteiger partial charge in [-0.05, 0) is 17.7 Å². The van der Waals surface area contributed by atoms with Gasteiger partial charge >= 0.3 is 0 Å². The lowest BCUT2D eigenvalue weighted by atomic mass is 10.0. The van der Waals surface area contributed by atoms with Crippen molar-refractivity contribution < 1.29 is 18.8 Å². The molecule has 3 N–H and O–H groups in total. The number of carbonyl (C=O) groups is 3. The number of carbonyl (C=O) groups excluding carboxylic acids is 3. The molecular formula is C21H19FN4O3. The first-order valence-corrected chi connectivity index (χ1v) is 8.83. The molecule has 0 bridgehead atoms. The molecule has 1 heterocycles. The predicted molar refractivity (Wildman–Crippen MR) is 104 cm³/mol. The average Bonchev–Trinajstić information content (AvgIpc) is 3.11. The Balaban J connectivity index is 1.88. The highest BCUT2D eigenvalue weighted by Gasteiger charge is 2.27. The number of primary amides is 1. The SMILES string of the molecule is Cn1cc(C(=O)NC(Cc2ccc(F)cc2)C(=O)C(N)=O)c(-c2ccccc2)n1. The molecule has 8 heteroatoms. The van der Waals surface area contributed by atoms with Crippen molar-refractivity contribution in [2.45, 2.75) is 12.5 Å². The van der Waals surface area contributed by atoms with Gasteiger partial charge in [-0.2, -0.15) is 5.10 Å². The van der Waals surface area contributed by atoms with E-state index in [-0.39, 0.29) is 12.0 Å². The number of benzene rings is 2. The van der Waals surface area contributed by atoms with Crippen LogP contribution in [-0.4, -0.2) is 33.4 Å². The van der Waals surface area contributed by atoms with Crippen LogP contribution in [0.25, 0.3) is 11.3 Å². The van der Waals surface area contributed by atoms with Gasteiger partial charge in [0, 0.05) is 25.2 Å². The molecule has 0 aliphatic rings. The standard InChI is InChI=1S/C21H19FN4O3/c1-26-12-16(18(25-26)14-5-3-2-4-6-14)21(29)24-17(19(27)20(23)28)11-13-7-9-15(22)10-8-13/h2-10,12,17H,11H2,1H3,(H2,23,28)(H,24,29). The highest BCUT2D eigenvalue weighted by Crippen LogP contribution is 2.21. The summed E-state index contributed by atoms with van der Waals surface area (Å²) < 4.78 is 14.6. The van der Waals surface area contributed by atoms with E-state index < -0.39 is 29.5 Å². The Bertz CT molecular complexity index is 1050. The van der Waals surface area contributed by atoms with E-state index in [4.69, 9.17) is 5.73 Å². The molecule has 3 aromatic rings. The molecular weight excluding hydrogens is 375 g/mol. The molecule has 0 radical (unpaired) electrons. The van der Waals surface area contributed by atoms with E-state index in [1.807, 2.05) is 30.3 Å². The molecule has 0 aliphatic carbocycles. The van der Waals surface area contributed by atoms with Gasteiger partial charge < -0.3 is 11.1 Å². The molecule has 0 saturated carbocycles. The molecule has 3 rings (SSSR count). The van der Waals surface area contributed by atoms with E-state index in [2.05, 4.69) is 10.4 Å². The van der Waals surface area contributed by atoms with E-state index >= 15 is 0 Å². The largest absolute Gasteiger partial charge is 0.363 e. The zero-order valence-corrected chi connectivity index (χ0v) is 15.6. The van der Waals surface area contributed by atoms with Gasteiger partial charge in [-0.15, -0.1) is 0 Å². The molecule has 29 heavy (non-hydrogen) atoms. The number of hydrogen-bond donors (Lipinski definition) is 2. The van der Waals surface area contributed by atoms with Gasteiger partial charge in [0.15, 0.2) is 0 Å². The van der Waals surface area contributed by atoms with Gasteiger partial charge in [0.25, 0.3) is 11.8 Å². The Morgan fingerprint density at radius 1 is 1.10 bits per heavy atom. The Kier molecular flexibility index (Phi) is 5.82. The first-order valence-electron chi connectivity index (χ1n) is 8.83. The second-order valence-electron chi connectivity index (χ2n) is 6.52. The number of hydrogen-bond acceptors (Lipinski definition) is 4. The van der Waals surface area contributed by atoms with Crippen LogP contribution in [0.4, 0.5) is 4.39 Å². The van der Waals surface area contributed by atoms with Crippen molar-refractivity contribution >= 4 is 17.6 Å². The second kappa shape index (κ2) is 8.47. The Labute approximate surface area is 166 Å². The topological polar surface area (TPSA) is 107 Å². The van der Waals surface area contributed by atoms with Crippen molar-refractivity contribution in [3.05, 3.63) is 77.7 Å². The third-order valence-corrected chi connectivity index (χ3v) is 4.34. The van der Waals surface area contributed by atoms with Crippen molar-refractivity contribution in [2.24, 2.45) is 12.8 Å². The number of ketones is 1. The molecule has 0 fully saturated rings. The van der Waals surface area contributed by atoms with Gasteiger partial charge in [0.1, 0.15) is 17.6 Å². The number of nitrogens with two attached hydrogens (primary N) is 1. The fourth-order valence-corrected chi connectivity index (χ4v) is 2.94. The summed E-state index contributed by atoms with van der Waals surface area (Å²) in [5.41, 5.74) is 7.13. The van der Waals surface area contributed by atoms with E-state index in [0.717, 1.165) is 5.56 Å². The van der Waals surface area contributed by atoms with Gasteiger partial charge in [0.2, 0.25) is 5.78 Å². The number of aryl methyl sites for hydroxylation is 1. The summed E-state index contributed by atoms with van der Waals surface area (Å²) in [5, 5.41) is 6.89. The average molecular weight is 394 g/mol. The summed E-state index contributed by atoms with van der Waals surface area (Å²) in [6.07, 6.45) is 1.52. The minimum Gasteiger partial charge on any atom is -0.363 e. The van der Waals surface area contributed by atoms with Crippen molar-refractivity contribution in [3.63, 3.8) is 0 Å². The molecule has 1 unspecified atom stereocenters. The summed E-state index contributed by atoms with van der Waals surface area (Å²) in [7, 11) is 1.67. The quantitative estimate of drug-likeness (QED) is 0.594. The van der Waals surface area contributed by atoms with Gasteiger partial charge in [-0.25, -0.2) is 4.39 Å². The normalized spacial score (nSPS) is 11.7. The van der Waals surface area contributed by atoms with Crippen LogP contribution >= 0.6 is 0 Å². The summed E-state index contributed by atoms with van der Waals surface area (Å²) in [4.78, 5) is 36.6. The minimum absolute atomic E-state index is 0.00523. The molecule has 0 aliphatic heterocycles. The van der Waals surface area contributed by atoms with Crippen LogP contribution in [0.2, 0.25) is 0 Å². The number of aromatic nitrogens is 2. The number of Topliss-reactive ketones (excluding diaryl/α,β-unsaturated/α-hetero) is 1. The maximum Gasteiger partial charge on any atom is 0.287 e. The maximum atomic E-state index is 13.1. The zero-order chi connectivity index (χ0) is 21.0.